The lowest BCUT2D eigenvalue weighted by atomic mass is 9.98. The number of carbonyl (C=O) groups is 1. The number of carboxylic acid groups (broad SMARTS) is 1. The topological polar surface area (TPSA) is 59.4 Å². The molecule has 2 aromatic carbocycles. The number of benzene rings is 2. The minimum absolute atomic E-state index is 0.00779. The number of ether oxygens (including phenoxy) is 1. The van der Waals surface area contributed by atoms with Gasteiger partial charge in [-0.1, -0.05) is 23.8 Å². The maximum atomic E-state index is 14.3. The standard InChI is InChI=1S/C23H22FNO3/c1-14(2)28-18-7-8-21(24)20(12-18)22-9-5-16(13-25-22)11-17-6-4-15(3)10-19(17)23(26)27/h4-10,12-14H,11H2,1-3H3,(H,26,27). The zero-order valence-corrected chi connectivity index (χ0v) is 16.1. The van der Waals surface area contributed by atoms with Gasteiger partial charge in [0.1, 0.15) is 11.6 Å². The van der Waals surface area contributed by atoms with Gasteiger partial charge in [0, 0.05) is 11.8 Å². The van der Waals surface area contributed by atoms with E-state index in [4.69, 9.17) is 4.74 Å². The molecule has 0 aliphatic heterocycles. The monoisotopic (exact) mass is 379 g/mol. The van der Waals surface area contributed by atoms with Crippen LogP contribution in [0.5, 0.6) is 5.75 Å². The lowest BCUT2D eigenvalue weighted by Gasteiger charge is -2.12. The van der Waals surface area contributed by atoms with Crippen molar-refractivity contribution in [2.75, 3.05) is 0 Å². The van der Waals surface area contributed by atoms with Gasteiger partial charge in [-0.3, -0.25) is 4.98 Å². The molecule has 0 aliphatic carbocycles. The molecule has 3 rings (SSSR count). The molecule has 1 heterocycles. The summed E-state index contributed by atoms with van der Waals surface area (Å²) in [5.74, 6) is -0.738. The minimum Gasteiger partial charge on any atom is -0.491 e. The Morgan fingerprint density at radius 3 is 2.57 bits per heavy atom. The van der Waals surface area contributed by atoms with Crippen molar-refractivity contribution in [3.05, 3.63) is 82.8 Å². The molecule has 0 radical (unpaired) electrons. The molecule has 4 nitrogen and oxygen atoms in total. The fraction of sp³-hybridized carbons (Fsp3) is 0.217. The zero-order valence-electron chi connectivity index (χ0n) is 16.1. The largest absolute Gasteiger partial charge is 0.491 e. The maximum absolute atomic E-state index is 14.3. The molecular weight excluding hydrogens is 357 g/mol. The van der Waals surface area contributed by atoms with Gasteiger partial charge in [-0.05, 0) is 68.7 Å². The van der Waals surface area contributed by atoms with Gasteiger partial charge in [0.05, 0.1) is 17.4 Å². The molecule has 0 amide bonds. The summed E-state index contributed by atoms with van der Waals surface area (Å²) in [6.45, 7) is 5.68. The summed E-state index contributed by atoms with van der Waals surface area (Å²) >= 11 is 0. The van der Waals surface area contributed by atoms with Crippen molar-refractivity contribution in [3.8, 4) is 17.0 Å². The van der Waals surface area contributed by atoms with Crippen LogP contribution >= 0.6 is 0 Å². The Hall–Kier alpha value is -3.21. The molecule has 0 aliphatic rings. The zero-order chi connectivity index (χ0) is 20.3. The predicted octanol–water partition coefficient (Wildman–Crippen LogP) is 5.27. The summed E-state index contributed by atoms with van der Waals surface area (Å²) in [6, 6.07) is 13.5. The second-order valence-electron chi connectivity index (χ2n) is 7.00. The number of hydrogen-bond donors (Lipinski definition) is 1. The minimum atomic E-state index is -0.952. The van der Waals surface area contributed by atoms with Crippen molar-refractivity contribution in [1.29, 1.82) is 0 Å². The molecule has 0 unspecified atom stereocenters. The number of hydrogen-bond acceptors (Lipinski definition) is 3. The summed E-state index contributed by atoms with van der Waals surface area (Å²) < 4.78 is 19.9. The van der Waals surface area contributed by atoms with Crippen molar-refractivity contribution in [2.45, 2.75) is 33.3 Å². The SMILES string of the molecule is Cc1ccc(Cc2ccc(-c3cc(OC(C)C)ccc3F)nc2)c(C(=O)O)c1. The number of rotatable bonds is 6. The smallest absolute Gasteiger partial charge is 0.335 e. The summed E-state index contributed by atoms with van der Waals surface area (Å²) in [4.78, 5) is 15.9. The van der Waals surface area contributed by atoms with Crippen LogP contribution < -0.4 is 4.74 Å². The molecule has 5 heteroatoms. The van der Waals surface area contributed by atoms with Crippen LogP contribution in [0.25, 0.3) is 11.3 Å². The van der Waals surface area contributed by atoms with Gasteiger partial charge >= 0.3 is 5.97 Å². The van der Waals surface area contributed by atoms with E-state index in [9.17, 15) is 14.3 Å². The maximum Gasteiger partial charge on any atom is 0.335 e. The Morgan fingerprint density at radius 2 is 1.93 bits per heavy atom. The quantitative estimate of drug-likeness (QED) is 0.634. The number of halogens is 1. The molecule has 28 heavy (non-hydrogen) atoms. The van der Waals surface area contributed by atoms with Crippen LogP contribution in [-0.2, 0) is 6.42 Å². The van der Waals surface area contributed by atoms with Crippen molar-refractivity contribution >= 4 is 5.97 Å². The first-order valence-electron chi connectivity index (χ1n) is 9.08. The average Bonchev–Trinajstić information content (AvgIpc) is 2.65. The predicted molar refractivity (Wildman–Crippen MR) is 106 cm³/mol. The number of carboxylic acids is 1. The lowest BCUT2D eigenvalue weighted by Crippen LogP contribution is -2.06. The van der Waals surface area contributed by atoms with E-state index >= 15 is 0 Å². The summed E-state index contributed by atoms with van der Waals surface area (Å²) in [7, 11) is 0. The molecule has 0 saturated heterocycles. The van der Waals surface area contributed by atoms with Crippen LogP contribution in [0.4, 0.5) is 4.39 Å². The third-order valence-electron chi connectivity index (χ3n) is 4.30. The van der Waals surface area contributed by atoms with Crippen molar-refractivity contribution in [3.63, 3.8) is 0 Å². The Labute approximate surface area is 163 Å². The van der Waals surface area contributed by atoms with Crippen molar-refractivity contribution < 1.29 is 19.0 Å². The van der Waals surface area contributed by atoms with Crippen LogP contribution in [0.2, 0.25) is 0 Å². The van der Waals surface area contributed by atoms with Crippen molar-refractivity contribution in [1.82, 2.24) is 4.98 Å². The van der Waals surface area contributed by atoms with Crippen LogP contribution in [-0.4, -0.2) is 22.2 Å². The molecule has 144 valence electrons. The van der Waals surface area contributed by atoms with E-state index in [1.807, 2.05) is 39.0 Å². The summed E-state index contributed by atoms with van der Waals surface area (Å²) in [6.07, 6.45) is 2.08. The summed E-state index contributed by atoms with van der Waals surface area (Å²) in [5, 5.41) is 9.41. The Balaban J connectivity index is 1.86. The van der Waals surface area contributed by atoms with Crippen LogP contribution in [0.15, 0.2) is 54.7 Å². The Morgan fingerprint density at radius 1 is 1.14 bits per heavy atom. The highest BCUT2D eigenvalue weighted by Crippen LogP contribution is 2.27. The summed E-state index contributed by atoms with van der Waals surface area (Å²) in [5.41, 5.74) is 3.61. The average molecular weight is 379 g/mol. The molecule has 3 aromatic rings. The number of aromatic nitrogens is 1. The third-order valence-corrected chi connectivity index (χ3v) is 4.30. The van der Waals surface area contributed by atoms with Gasteiger partial charge in [-0.25, -0.2) is 9.18 Å². The third kappa shape index (κ3) is 4.55. The Kier molecular flexibility index (Phi) is 5.73. The van der Waals surface area contributed by atoms with Gasteiger partial charge in [0.15, 0.2) is 0 Å². The van der Waals surface area contributed by atoms with Gasteiger partial charge in [-0.2, -0.15) is 0 Å². The van der Waals surface area contributed by atoms with E-state index in [2.05, 4.69) is 4.98 Å². The first kappa shape index (κ1) is 19.5. The highest BCUT2D eigenvalue weighted by Gasteiger charge is 2.12. The second-order valence-corrected chi connectivity index (χ2v) is 7.00. The first-order valence-corrected chi connectivity index (χ1v) is 9.08. The number of nitrogens with zero attached hydrogens (tertiary/aromatic N) is 1. The molecule has 0 spiro atoms. The van der Waals surface area contributed by atoms with E-state index in [0.29, 0.717) is 29.0 Å². The first-order chi connectivity index (χ1) is 13.3. The number of pyridine rings is 1. The van der Waals surface area contributed by atoms with E-state index < -0.39 is 5.97 Å². The van der Waals surface area contributed by atoms with E-state index in [0.717, 1.165) is 11.1 Å². The van der Waals surface area contributed by atoms with E-state index in [-0.39, 0.29) is 17.5 Å². The molecule has 0 atom stereocenters. The van der Waals surface area contributed by atoms with Crippen LogP contribution in [0, 0.1) is 12.7 Å². The van der Waals surface area contributed by atoms with Gasteiger partial charge in [-0.15, -0.1) is 0 Å². The lowest BCUT2D eigenvalue weighted by molar-refractivity contribution is 0.0695. The second kappa shape index (κ2) is 8.21. The molecule has 0 fully saturated rings. The van der Waals surface area contributed by atoms with Gasteiger partial charge in [0.2, 0.25) is 0 Å². The van der Waals surface area contributed by atoms with Crippen molar-refractivity contribution in [2.24, 2.45) is 0 Å². The molecule has 1 aromatic heterocycles. The van der Waals surface area contributed by atoms with Crippen LogP contribution in [0.1, 0.15) is 40.9 Å². The molecule has 1 N–H and O–H groups in total. The van der Waals surface area contributed by atoms with Gasteiger partial charge in [0.25, 0.3) is 0 Å². The molecule has 0 bridgehead atoms. The highest BCUT2D eigenvalue weighted by molar-refractivity contribution is 5.89. The normalized spacial score (nSPS) is 10.9. The van der Waals surface area contributed by atoms with Gasteiger partial charge < -0.3 is 9.84 Å². The van der Waals surface area contributed by atoms with Crippen LogP contribution in [0.3, 0.4) is 0 Å². The number of aromatic carboxylic acids is 1. The fourth-order valence-electron chi connectivity index (χ4n) is 3.00. The van der Waals surface area contributed by atoms with E-state index in [1.54, 1.807) is 30.5 Å². The number of aryl methyl sites for hydroxylation is 1. The van der Waals surface area contributed by atoms with E-state index in [1.165, 1.54) is 6.07 Å². The highest BCUT2D eigenvalue weighted by atomic mass is 19.1. The Bertz CT molecular complexity index is 997. The fourth-order valence-corrected chi connectivity index (χ4v) is 3.00. The molecular formula is C23H22FNO3. The molecule has 0 saturated carbocycles.